The molecule has 1 amide bonds. The lowest BCUT2D eigenvalue weighted by Gasteiger charge is -2.14. The molecule has 1 aromatic carbocycles. The van der Waals surface area contributed by atoms with E-state index in [2.05, 4.69) is 25.9 Å². The van der Waals surface area contributed by atoms with E-state index in [0.717, 1.165) is 6.42 Å². The fourth-order valence-electron chi connectivity index (χ4n) is 1.99. The number of nitrogens with one attached hydrogen (secondary N) is 2. The Balaban J connectivity index is 2.07. The minimum Gasteiger partial charge on any atom is -0.346 e. The van der Waals surface area contributed by atoms with E-state index in [9.17, 15) is 18.0 Å². The van der Waals surface area contributed by atoms with Gasteiger partial charge in [0.05, 0.1) is 12.5 Å². The number of halogens is 3. The Labute approximate surface area is 124 Å². The van der Waals surface area contributed by atoms with Gasteiger partial charge >= 0.3 is 0 Å². The molecular weight excluding hydrogens is 299 g/mol. The van der Waals surface area contributed by atoms with Gasteiger partial charge in [-0.1, -0.05) is 18.6 Å². The molecule has 1 atom stereocenters. The highest BCUT2D eigenvalue weighted by atomic mass is 19.2. The second-order valence-electron chi connectivity index (χ2n) is 4.71. The Kier molecular flexibility index (Phi) is 5.08. The summed E-state index contributed by atoms with van der Waals surface area (Å²) in [5, 5.41) is 15.9. The topological polar surface area (TPSA) is 83.6 Å². The molecule has 0 spiro atoms. The van der Waals surface area contributed by atoms with E-state index >= 15 is 0 Å². The first-order chi connectivity index (χ1) is 10.5. The predicted octanol–water partition coefficient (Wildman–Crippen LogP) is 1.82. The van der Waals surface area contributed by atoms with Crippen LogP contribution in [-0.2, 0) is 11.2 Å². The molecule has 1 heterocycles. The number of tetrazole rings is 1. The van der Waals surface area contributed by atoms with Crippen LogP contribution in [-0.4, -0.2) is 26.5 Å². The van der Waals surface area contributed by atoms with Gasteiger partial charge in [-0.15, -0.1) is 10.2 Å². The summed E-state index contributed by atoms with van der Waals surface area (Å²) in [6.45, 7) is 1.91. The highest BCUT2D eigenvalue weighted by Crippen LogP contribution is 2.16. The fraction of sp³-hybridized carbons (Fsp3) is 0.385. The smallest absolute Gasteiger partial charge is 0.225 e. The highest BCUT2D eigenvalue weighted by Gasteiger charge is 2.19. The van der Waals surface area contributed by atoms with E-state index in [-0.39, 0.29) is 5.56 Å². The Morgan fingerprint density at radius 3 is 2.64 bits per heavy atom. The second kappa shape index (κ2) is 7.01. The molecule has 0 saturated heterocycles. The van der Waals surface area contributed by atoms with Crippen molar-refractivity contribution in [3.63, 3.8) is 0 Å². The van der Waals surface area contributed by atoms with Gasteiger partial charge in [0.15, 0.2) is 17.5 Å². The van der Waals surface area contributed by atoms with Crippen molar-refractivity contribution in [1.82, 2.24) is 25.9 Å². The van der Waals surface area contributed by atoms with Crippen LogP contribution >= 0.6 is 0 Å². The number of carbonyl (C=O) groups excluding carboxylic acids is 1. The first kappa shape index (κ1) is 15.9. The number of aromatic amines is 1. The highest BCUT2D eigenvalue weighted by molar-refractivity contribution is 5.79. The number of carbonyl (C=O) groups is 1. The SMILES string of the molecule is CCC[C@@H](NC(=O)Cc1cc(F)c(F)cc1F)c1nn[nH]n1. The van der Waals surface area contributed by atoms with Crippen molar-refractivity contribution in [3.8, 4) is 0 Å². The van der Waals surface area contributed by atoms with E-state index in [1.54, 1.807) is 0 Å². The molecule has 0 unspecified atom stereocenters. The number of H-pyrrole nitrogens is 1. The van der Waals surface area contributed by atoms with Crippen LogP contribution < -0.4 is 5.32 Å². The third kappa shape index (κ3) is 3.80. The van der Waals surface area contributed by atoms with Gasteiger partial charge in [-0.25, -0.2) is 13.2 Å². The number of rotatable bonds is 6. The summed E-state index contributed by atoms with van der Waals surface area (Å²) in [4.78, 5) is 12.0. The zero-order valence-electron chi connectivity index (χ0n) is 11.7. The van der Waals surface area contributed by atoms with Crippen molar-refractivity contribution in [1.29, 1.82) is 0 Å². The van der Waals surface area contributed by atoms with E-state index in [0.29, 0.717) is 24.4 Å². The van der Waals surface area contributed by atoms with Gasteiger partial charge in [0.25, 0.3) is 0 Å². The van der Waals surface area contributed by atoms with Gasteiger partial charge in [-0.2, -0.15) is 5.21 Å². The van der Waals surface area contributed by atoms with Gasteiger partial charge in [-0.05, 0) is 12.5 Å². The van der Waals surface area contributed by atoms with Crippen LogP contribution in [0.4, 0.5) is 13.2 Å². The van der Waals surface area contributed by atoms with Crippen LogP contribution in [0.15, 0.2) is 12.1 Å². The Bertz CT molecular complexity index is 647. The molecule has 2 aromatic rings. The lowest BCUT2D eigenvalue weighted by molar-refractivity contribution is -0.121. The van der Waals surface area contributed by atoms with Crippen LogP contribution in [0.25, 0.3) is 0 Å². The van der Waals surface area contributed by atoms with Gasteiger partial charge in [-0.3, -0.25) is 4.79 Å². The Morgan fingerprint density at radius 2 is 2.00 bits per heavy atom. The summed E-state index contributed by atoms with van der Waals surface area (Å²) in [6, 6.07) is 0.610. The zero-order chi connectivity index (χ0) is 16.1. The molecule has 0 bridgehead atoms. The van der Waals surface area contributed by atoms with Crippen LogP contribution in [0.1, 0.15) is 37.2 Å². The molecule has 22 heavy (non-hydrogen) atoms. The minimum absolute atomic E-state index is 0.222. The summed E-state index contributed by atoms with van der Waals surface area (Å²) < 4.78 is 39.5. The van der Waals surface area contributed by atoms with E-state index in [1.165, 1.54) is 0 Å². The van der Waals surface area contributed by atoms with E-state index in [4.69, 9.17) is 0 Å². The first-order valence-electron chi connectivity index (χ1n) is 6.67. The normalized spacial score (nSPS) is 12.2. The Hall–Kier alpha value is -2.45. The second-order valence-corrected chi connectivity index (χ2v) is 4.71. The van der Waals surface area contributed by atoms with Gasteiger partial charge in [0.2, 0.25) is 5.91 Å². The molecule has 6 nitrogen and oxygen atoms in total. The minimum atomic E-state index is -1.29. The zero-order valence-corrected chi connectivity index (χ0v) is 11.7. The molecule has 2 rings (SSSR count). The molecule has 0 aliphatic heterocycles. The number of amides is 1. The molecule has 0 aliphatic carbocycles. The molecule has 1 aromatic heterocycles. The largest absolute Gasteiger partial charge is 0.346 e. The molecule has 2 N–H and O–H groups in total. The van der Waals surface area contributed by atoms with E-state index in [1.807, 2.05) is 6.92 Å². The number of hydrogen-bond acceptors (Lipinski definition) is 4. The lowest BCUT2D eigenvalue weighted by atomic mass is 10.1. The standard InChI is InChI=1S/C13H14F3N5O/c1-2-3-11(13-18-20-21-19-13)17-12(22)5-7-4-9(15)10(16)6-8(7)14/h4,6,11H,2-3,5H2,1H3,(H,17,22)(H,18,19,20,21)/t11-/m1/s1. The fourth-order valence-corrected chi connectivity index (χ4v) is 1.99. The number of aromatic nitrogens is 4. The number of hydrogen-bond donors (Lipinski definition) is 2. The molecule has 0 radical (unpaired) electrons. The van der Waals surface area contributed by atoms with Crippen LogP contribution in [0.2, 0.25) is 0 Å². The maximum Gasteiger partial charge on any atom is 0.225 e. The average molecular weight is 313 g/mol. The summed E-state index contributed by atoms with van der Waals surface area (Å²) in [5.74, 6) is -3.71. The van der Waals surface area contributed by atoms with Crippen molar-refractivity contribution >= 4 is 5.91 Å². The third-order valence-electron chi connectivity index (χ3n) is 3.03. The number of benzene rings is 1. The van der Waals surface area contributed by atoms with Crippen molar-refractivity contribution in [2.45, 2.75) is 32.2 Å². The first-order valence-corrected chi connectivity index (χ1v) is 6.67. The lowest BCUT2D eigenvalue weighted by Crippen LogP contribution is -2.31. The maximum absolute atomic E-state index is 13.5. The molecular formula is C13H14F3N5O. The van der Waals surface area contributed by atoms with Crippen molar-refractivity contribution in [3.05, 3.63) is 41.0 Å². The van der Waals surface area contributed by atoms with Crippen molar-refractivity contribution in [2.24, 2.45) is 0 Å². The van der Waals surface area contributed by atoms with Gasteiger partial charge in [0.1, 0.15) is 5.82 Å². The van der Waals surface area contributed by atoms with Crippen molar-refractivity contribution < 1.29 is 18.0 Å². The average Bonchev–Trinajstić information content (AvgIpc) is 2.98. The molecule has 0 saturated carbocycles. The molecule has 0 fully saturated rings. The quantitative estimate of drug-likeness (QED) is 0.797. The van der Waals surface area contributed by atoms with E-state index < -0.39 is 35.8 Å². The van der Waals surface area contributed by atoms with Crippen molar-refractivity contribution in [2.75, 3.05) is 0 Å². The Morgan fingerprint density at radius 1 is 1.27 bits per heavy atom. The summed E-state index contributed by atoms with van der Waals surface area (Å²) >= 11 is 0. The molecule has 0 aliphatic rings. The maximum atomic E-state index is 13.5. The monoisotopic (exact) mass is 313 g/mol. The van der Waals surface area contributed by atoms with Crippen LogP contribution in [0, 0.1) is 17.5 Å². The van der Waals surface area contributed by atoms with Gasteiger partial charge in [0, 0.05) is 11.6 Å². The third-order valence-corrected chi connectivity index (χ3v) is 3.03. The summed E-state index contributed by atoms with van der Waals surface area (Å²) in [7, 11) is 0. The summed E-state index contributed by atoms with van der Waals surface area (Å²) in [6.07, 6.45) is 0.895. The molecule has 9 heteroatoms. The number of nitrogens with zero attached hydrogens (tertiary/aromatic N) is 3. The molecule has 118 valence electrons. The predicted molar refractivity (Wildman–Crippen MR) is 70.0 cm³/mol. The van der Waals surface area contributed by atoms with Gasteiger partial charge < -0.3 is 5.32 Å². The van der Waals surface area contributed by atoms with Crippen LogP contribution in [0.5, 0.6) is 0 Å². The summed E-state index contributed by atoms with van der Waals surface area (Å²) in [5.41, 5.74) is -0.222. The van der Waals surface area contributed by atoms with Crippen LogP contribution in [0.3, 0.4) is 0 Å².